The molecule has 0 aromatic heterocycles. The van der Waals surface area contributed by atoms with Gasteiger partial charge < -0.3 is 31.9 Å². The van der Waals surface area contributed by atoms with E-state index < -0.39 is 51.8 Å². The van der Waals surface area contributed by atoms with Gasteiger partial charge >= 0.3 is 0 Å². The molecule has 0 unspecified atom stereocenters. The van der Waals surface area contributed by atoms with Crippen LogP contribution >= 0.6 is 0 Å². The van der Waals surface area contributed by atoms with Crippen LogP contribution in [-0.2, 0) is 19.6 Å². The van der Waals surface area contributed by atoms with Crippen molar-refractivity contribution in [2.75, 3.05) is 30.3 Å². The fraction of sp³-hybridized carbons (Fsp3) is 0.381. The molecule has 0 fully saturated rings. The molecule has 0 bridgehead atoms. The number of hydrogen-bond donors (Lipinski definition) is 6. The highest BCUT2D eigenvalue weighted by atomic mass is 32.2. The Morgan fingerprint density at radius 1 is 0.768 bits per heavy atom. The monoisotopic (exact) mass is 785 g/mol. The first kappa shape index (κ1) is 43.3. The Kier molecular flexibility index (Phi) is 15.0. The van der Waals surface area contributed by atoms with Crippen LogP contribution in [0.2, 0.25) is 0 Å². The number of carbonyl (C=O) groups excluding carboxylic acids is 4. The number of rotatable bonds is 19. The molecule has 4 amide bonds. The van der Waals surface area contributed by atoms with E-state index in [1.165, 1.54) is 24.3 Å². The first-order valence-electron chi connectivity index (χ1n) is 18.9. The molecule has 4 aromatic rings. The van der Waals surface area contributed by atoms with Crippen LogP contribution in [0.15, 0.2) is 89.8 Å². The van der Waals surface area contributed by atoms with Crippen LogP contribution in [0, 0.1) is 5.92 Å². The summed E-state index contributed by atoms with van der Waals surface area (Å²) in [7, 11) is -0.464. The summed E-state index contributed by atoms with van der Waals surface area (Å²) in [4.78, 5) is 54.4. The van der Waals surface area contributed by atoms with Crippen molar-refractivity contribution in [3.05, 3.63) is 102 Å². The lowest BCUT2D eigenvalue weighted by atomic mass is 10.0. The number of fused-ring (bicyclic) bond motifs is 1. The van der Waals surface area contributed by atoms with Crippen LogP contribution in [-0.4, -0.2) is 70.8 Å². The minimum atomic E-state index is -4.22. The van der Waals surface area contributed by atoms with Gasteiger partial charge in [0.05, 0.1) is 22.7 Å². The summed E-state index contributed by atoms with van der Waals surface area (Å²) in [6.07, 6.45) is 2.20. The van der Waals surface area contributed by atoms with Gasteiger partial charge in [-0.05, 0) is 62.1 Å². The summed E-state index contributed by atoms with van der Waals surface area (Å²) in [5, 5.41) is 13.1. The van der Waals surface area contributed by atoms with Crippen molar-refractivity contribution in [2.24, 2.45) is 11.7 Å². The average Bonchev–Trinajstić information content (AvgIpc) is 3.16. The van der Waals surface area contributed by atoms with Gasteiger partial charge in [0, 0.05) is 54.3 Å². The number of amides is 4. The van der Waals surface area contributed by atoms with E-state index in [1.807, 2.05) is 75.3 Å². The van der Waals surface area contributed by atoms with Gasteiger partial charge in [-0.1, -0.05) is 88.2 Å². The lowest BCUT2D eigenvalue weighted by Gasteiger charge is -2.24. The quantitative estimate of drug-likeness (QED) is 0.0758. The maximum Gasteiger partial charge on any atom is 0.262 e. The first-order chi connectivity index (χ1) is 26.5. The SMILES string of the molecule is CCCC[C@@H](CN[C@@H](C)C(=O)N[C@H](C(N)=O)C(C)C)NC(=O)c1cc(NS(=O)(=O)c2cccc3c(N(C)C)cccc23)cc(C(=O)N[C@H](C)c2ccccc2)c1. The molecule has 0 aliphatic carbocycles. The molecule has 4 atom stereocenters. The van der Waals surface area contributed by atoms with Crippen molar-refractivity contribution < 1.29 is 27.6 Å². The van der Waals surface area contributed by atoms with Crippen LogP contribution in [0.4, 0.5) is 11.4 Å². The van der Waals surface area contributed by atoms with E-state index >= 15 is 0 Å². The van der Waals surface area contributed by atoms with Crippen molar-refractivity contribution in [1.29, 1.82) is 0 Å². The largest absolute Gasteiger partial charge is 0.377 e. The molecule has 56 heavy (non-hydrogen) atoms. The summed E-state index contributed by atoms with van der Waals surface area (Å²) in [5.74, 6) is -2.27. The zero-order valence-corrected chi connectivity index (χ0v) is 34.0. The van der Waals surface area contributed by atoms with E-state index in [-0.39, 0.29) is 40.2 Å². The van der Waals surface area contributed by atoms with E-state index in [9.17, 15) is 27.6 Å². The van der Waals surface area contributed by atoms with Gasteiger partial charge in [0.15, 0.2) is 0 Å². The Morgan fingerprint density at radius 2 is 1.39 bits per heavy atom. The molecule has 300 valence electrons. The van der Waals surface area contributed by atoms with E-state index in [4.69, 9.17) is 5.73 Å². The summed E-state index contributed by atoms with van der Waals surface area (Å²) in [5.41, 5.74) is 7.35. The van der Waals surface area contributed by atoms with Gasteiger partial charge in [0.1, 0.15) is 6.04 Å². The predicted octanol–water partition coefficient (Wildman–Crippen LogP) is 5.09. The number of anilines is 2. The number of hydrogen-bond acceptors (Lipinski definition) is 8. The highest BCUT2D eigenvalue weighted by Crippen LogP contribution is 2.31. The van der Waals surface area contributed by atoms with Crippen molar-refractivity contribution in [3.63, 3.8) is 0 Å². The van der Waals surface area contributed by atoms with Gasteiger partial charge in [0.25, 0.3) is 21.8 Å². The molecule has 0 spiro atoms. The van der Waals surface area contributed by atoms with Crippen molar-refractivity contribution >= 4 is 55.8 Å². The van der Waals surface area contributed by atoms with Crippen molar-refractivity contribution in [1.82, 2.24) is 21.3 Å². The maximum absolute atomic E-state index is 14.1. The lowest BCUT2D eigenvalue weighted by Crippen LogP contribution is -2.54. The number of sulfonamides is 1. The molecule has 0 aliphatic heterocycles. The molecule has 4 rings (SSSR count). The normalized spacial score (nSPS) is 13.6. The standard InChI is InChI=1S/C42H55N7O6S/c1-8-9-17-32(25-44-28(5)40(51)47-38(26(2)3)39(43)50)46-42(53)31-22-30(41(52)45-27(4)29-15-11-10-12-16-29)23-33(24-31)48-56(54,55)37-21-14-18-34-35(37)19-13-20-36(34)49(6)7/h10-16,18-24,26-28,32,38,44,48H,8-9,17,25H2,1-7H3,(H2,43,50)(H,45,52)(H,46,53)(H,47,51)/t27-,28+,32+,38+/m1/s1. The third-order valence-corrected chi connectivity index (χ3v) is 11.0. The van der Waals surface area contributed by atoms with Crippen molar-refractivity contribution in [3.8, 4) is 0 Å². The summed E-state index contributed by atoms with van der Waals surface area (Å²) in [6, 6.07) is 21.7. The van der Waals surface area contributed by atoms with Crippen LogP contribution in [0.5, 0.6) is 0 Å². The Bertz CT molecular complexity index is 2120. The number of carbonyl (C=O) groups is 4. The fourth-order valence-corrected chi connectivity index (χ4v) is 7.62. The Hall–Kier alpha value is -5.47. The second-order valence-corrected chi connectivity index (χ2v) is 16.3. The van der Waals surface area contributed by atoms with Crippen LogP contribution in [0.25, 0.3) is 10.8 Å². The Labute approximate surface area is 330 Å². The average molecular weight is 786 g/mol. The number of nitrogens with zero attached hydrogens (tertiary/aromatic N) is 1. The van der Waals surface area contributed by atoms with Gasteiger partial charge in [-0.2, -0.15) is 0 Å². The van der Waals surface area contributed by atoms with Gasteiger partial charge in [-0.15, -0.1) is 0 Å². The molecule has 0 radical (unpaired) electrons. The first-order valence-corrected chi connectivity index (χ1v) is 20.4. The topological polar surface area (TPSA) is 192 Å². The van der Waals surface area contributed by atoms with Crippen LogP contribution in [0.3, 0.4) is 0 Å². The van der Waals surface area contributed by atoms with Crippen LogP contribution in [0.1, 0.15) is 86.2 Å². The lowest BCUT2D eigenvalue weighted by molar-refractivity contribution is -0.129. The summed E-state index contributed by atoms with van der Waals surface area (Å²) in [6.45, 7) is 9.29. The highest BCUT2D eigenvalue weighted by Gasteiger charge is 2.26. The molecule has 4 aromatic carbocycles. The molecule has 0 saturated carbocycles. The van der Waals surface area contributed by atoms with Gasteiger partial charge in [0.2, 0.25) is 11.8 Å². The molecule has 13 nitrogen and oxygen atoms in total. The van der Waals surface area contributed by atoms with Crippen molar-refractivity contribution in [2.45, 2.75) is 82.9 Å². The highest BCUT2D eigenvalue weighted by molar-refractivity contribution is 7.93. The van der Waals surface area contributed by atoms with Crippen LogP contribution < -0.4 is 36.6 Å². The van der Waals surface area contributed by atoms with E-state index in [2.05, 4.69) is 26.0 Å². The molecular formula is C42H55N7O6S. The third-order valence-electron chi connectivity index (χ3n) is 9.56. The fourth-order valence-electron chi connectivity index (χ4n) is 6.35. The molecule has 0 aliphatic rings. The number of nitrogens with one attached hydrogen (secondary N) is 5. The number of benzene rings is 4. The molecule has 7 N–H and O–H groups in total. The predicted molar refractivity (Wildman–Crippen MR) is 222 cm³/mol. The molecule has 0 saturated heterocycles. The smallest absolute Gasteiger partial charge is 0.262 e. The number of primary amides is 1. The van der Waals surface area contributed by atoms with E-state index in [0.717, 1.165) is 29.5 Å². The zero-order chi connectivity index (χ0) is 41.2. The minimum Gasteiger partial charge on any atom is -0.377 e. The number of nitrogens with two attached hydrogens (primary N) is 1. The zero-order valence-electron chi connectivity index (χ0n) is 33.2. The Balaban J connectivity index is 1.65. The Morgan fingerprint density at radius 3 is 2.00 bits per heavy atom. The second-order valence-electron chi connectivity index (χ2n) is 14.6. The summed E-state index contributed by atoms with van der Waals surface area (Å²) >= 11 is 0. The molecule has 0 heterocycles. The molecule has 14 heteroatoms. The maximum atomic E-state index is 14.1. The minimum absolute atomic E-state index is 0.0265. The summed E-state index contributed by atoms with van der Waals surface area (Å²) < 4.78 is 30.8. The number of unbranched alkanes of at least 4 members (excludes halogenated alkanes) is 1. The third kappa shape index (κ3) is 11.3. The second kappa shape index (κ2) is 19.4. The van der Waals surface area contributed by atoms with Gasteiger partial charge in [-0.25, -0.2) is 8.42 Å². The van der Waals surface area contributed by atoms with E-state index in [1.54, 1.807) is 39.0 Å². The van der Waals surface area contributed by atoms with Gasteiger partial charge in [-0.3, -0.25) is 23.9 Å². The molecular weight excluding hydrogens is 731 g/mol. The van der Waals surface area contributed by atoms with E-state index in [0.29, 0.717) is 11.8 Å².